The number of Topliss-reactive ketones (excluding diaryl/α,β-unsaturated/α-hetero) is 1. The van der Waals surface area contributed by atoms with Gasteiger partial charge in [-0.25, -0.2) is 0 Å². The Morgan fingerprint density at radius 2 is 1.78 bits per heavy atom. The van der Waals surface area contributed by atoms with E-state index in [1.54, 1.807) is 19.9 Å². The zero-order valence-corrected chi connectivity index (χ0v) is 22.6. The fourth-order valence-corrected chi connectivity index (χ4v) is 9.19. The standard InChI is InChI=1S/C29H42O8/c1-14-16(15(2)37-25(14)34)10-24(33)28(5,35)23-7-9-29(36)18-11-20(30)19-12-21(31)22(32)13-26(19,3)17(18)6-8-27(23,29)4/h11,14-17,19,21-23,31-32,35-36H,6-10,12-13H2,1-5H3/t14-,15+,16-,17+,19-,21+,22-,23-,26+,27+,28+,29+/m0/s1. The van der Waals surface area contributed by atoms with E-state index in [4.69, 9.17) is 4.74 Å². The van der Waals surface area contributed by atoms with Gasteiger partial charge in [-0.1, -0.05) is 20.8 Å². The molecule has 1 aliphatic heterocycles. The number of aliphatic hydroxyl groups is 4. The molecule has 3 saturated carbocycles. The van der Waals surface area contributed by atoms with Gasteiger partial charge in [-0.2, -0.15) is 0 Å². The number of carbonyl (C=O) groups is 3. The van der Waals surface area contributed by atoms with Gasteiger partial charge >= 0.3 is 5.97 Å². The van der Waals surface area contributed by atoms with Crippen molar-refractivity contribution in [2.75, 3.05) is 0 Å². The predicted octanol–water partition coefficient (Wildman–Crippen LogP) is 2.10. The molecule has 0 spiro atoms. The highest BCUT2D eigenvalue weighted by molar-refractivity contribution is 5.95. The number of carbonyl (C=O) groups excluding carboxylic acids is 3. The van der Waals surface area contributed by atoms with Gasteiger partial charge in [-0.15, -0.1) is 0 Å². The number of hydrogen-bond acceptors (Lipinski definition) is 8. The van der Waals surface area contributed by atoms with Gasteiger partial charge in [-0.3, -0.25) is 14.4 Å². The van der Waals surface area contributed by atoms with Crippen molar-refractivity contribution < 1.29 is 39.5 Å². The van der Waals surface area contributed by atoms with Crippen molar-refractivity contribution in [2.45, 2.75) is 109 Å². The molecule has 1 heterocycles. The summed E-state index contributed by atoms with van der Waals surface area (Å²) in [5, 5.41) is 44.8. The Labute approximate surface area is 218 Å². The highest BCUT2D eigenvalue weighted by Gasteiger charge is 2.69. The van der Waals surface area contributed by atoms with E-state index in [0.29, 0.717) is 31.3 Å². The molecule has 4 fully saturated rings. The molecular formula is C29H42O8. The minimum absolute atomic E-state index is 0.0237. The molecule has 8 heteroatoms. The molecule has 4 aliphatic carbocycles. The maximum Gasteiger partial charge on any atom is 0.309 e. The van der Waals surface area contributed by atoms with Crippen LogP contribution in [0.5, 0.6) is 0 Å². The Bertz CT molecular complexity index is 1050. The van der Waals surface area contributed by atoms with Crippen LogP contribution in [0.15, 0.2) is 11.6 Å². The molecule has 0 radical (unpaired) electrons. The van der Waals surface area contributed by atoms with E-state index in [9.17, 15) is 34.8 Å². The minimum Gasteiger partial charge on any atom is -0.462 e. The number of ketones is 2. The normalized spacial score (nSPS) is 50.9. The quantitative estimate of drug-likeness (QED) is 0.415. The first-order valence-corrected chi connectivity index (χ1v) is 13.9. The summed E-state index contributed by atoms with van der Waals surface area (Å²) in [5.74, 6) is -2.59. The molecule has 0 aromatic rings. The van der Waals surface area contributed by atoms with Crippen molar-refractivity contribution in [3.8, 4) is 0 Å². The molecule has 37 heavy (non-hydrogen) atoms. The fourth-order valence-electron chi connectivity index (χ4n) is 9.19. The minimum atomic E-state index is -1.71. The fraction of sp³-hybridized carbons (Fsp3) is 0.828. The van der Waals surface area contributed by atoms with Crippen molar-refractivity contribution in [2.24, 2.45) is 40.4 Å². The molecule has 5 rings (SSSR count). The number of aliphatic hydroxyl groups excluding tert-OH is 2. The SMILES string of the molecule is C[C@@H]1C(=O)O[C@H](C)[C@H]1CC(=O)[C@](C)(O)[C@H]1CC[C@@]2(O)C3=CC(=O)[C@@H]4C[C@@H](O)[C@@H](O)C[C@]4(C)[C@@H]3CC[C@]12C. The molecule has 0 amide bonds. The van der Waals surface area contributed by atoms with E-state index in [0.717, 1.165) is 0 Å². The Kier molecular flexibility index (Phi) is 6.16. The molecule has 0 aromatic heterocycles. The topological polar surface area (TPSA) is 141 Å². The van der Waals surface area contributed by atoms with Gasteiger partial charge in [0.05, 0.1) is 23.7 Å². The lowest BCUT2D eigenvalue weighted by Crippen LogP contribution is -2.62. The summed E-state index contributed by atoms with van der Waals surface area (Å²) in [6, 6.07) is 0. The first-order valence-electron chi connectivity index (χ1n) is 13.9. The van der Waals surface area contributed by atoms with Crippen LogP contribution in [-0.2, 0) is 19.1 Å². The molecule has 206 valence electrons. The van der Waals surface area contributed by atoms with Crippen molar-refractivity contribution in [1.29, 1.82) is 0 Å². The van der Waals surface area contributed by atoms with Gasteiger partial charge in [0, 0.05) is 29.6 Å². The Morgan fingerprint density at radius 1 is 1.11 bits per heavy atom. The summed E-state index contributed by atoms with van der Waals surface area (Å²) in [6.07, 6.45) is 1.83. The Balaban J connectivity index is 1.45. The summed E-state index contributed by atoms with van der Waals surface area (Å²) in [4.78, 5) is 38.9. The highest BCUT2D eigenvalue weighted by Crippen LogP contribution is 2.68. The lowest BCUT2D eigenvalue weighted by Gasteiger charge is -2.60. The number of allylic oxidation sites excluding steroid dienone is 1. The van der Waals surface area contributed by atoms with Crippen LogP contribution in [0.1, 0.15) is 79.6 Å². The highest BCUT2D eigenvalue weighted by atomic mass is 16.6. The zero-order chi connectivity index (χ0) is 27.3. The van der Waals surface area contributed by atoms with Gasteiger partial charge in [-0.05, 0) is 75.4 Å². The third kappa shape index (κ3) is 3.58. The van der Waals surface area contributed by atoms with Gasteiger partial charge in [0.2, 0.25) is 0 Å². The van der Waals surface area contributed by atoms with E-state index in [1.807, 2.05) is 13.8 Å². The van der Waals surface area contributed by atoms with E-state index in [2.05, 4.69) is 0 Å². The average molecular weight is 519 g/mol. The second-order valence-electron chi connectivity index (χ2n) is 13.5. The molecule has 8 nitrogen and oxygen atoms in total. The number of cyclic esters (lactones) is 1. The van der Waals surface area contributed by atoms with Crippen molar-refractivity contribution in [3.05, 3.63) is 11.6 Å². The Morgan fingerprint density at radius 3 is 2.41 bits per heavy atom. The summed E-state index contributed by atoms with van der Waals surface area (Å²) in [6.45, 7) is 8.97. The summed E-state index contributed by atoms with van der Waals surface area (Å²) in [7, 11) is 0. The first-order chi connectivity index (χ1) is 17.1. The average Bonchev–Trinajstić information content (AvgIpc) is 3.23. The van der Waals surface area contributed by atoms with Crippen LogP contribution in [0, 0.1) is 40.4 Å². The number of ether oxygens (including phenoxy) is 1. The zero-order valence-electron chi connectivity index (χ0n) is 22.6. The molecule has 12 atom stereocenters. The molecule has 0 aromatic carbocycles. The lowest BCUT2D eigenvalue weighted by atomic mass is 9.45. The second-order valence-corrected chi connectivity index (χ2v) is 13.5. The van der Waals surface area contributed by atoms with E-state index in [-0.39, 0.29) is 48.6 Å². The van der Waals surface area contributed by atoms with E-state index >= 15 is 0 Å². The summed E-state index contributed by atoms with van der Waals surface area (Å²) in [5.41, 5.74) is -3.81. The smallest absolute Gasteiger partial charge is 0.309 e. The molecule has 1 saturated heterocycles. The molecular weight excluding hydrogens is 476 g/mol. The van der Waals surface area contributed by atoms with E-state index < -0.39 is 58.1 Å². The predicted molar refractivity (Wildman–Crippen MR) is 133 cm³/mol. The van der Waals surface area contributed by atoms with Gasteiger partial charge in [0.15, 0.2) is 11.6 Å². The molecule has 4 N–H and O–H groups in total. The van der Waals surface area contributed by atoms with Gasteiger partial charge < -0.3 is 25.2 Å². The van der Waals surface area contributed by atoms with Gasteiger partial charge in [0.25, 0.3) is 0 Å². The molecule has 0 bridgehead atoms. The Hall–Kier alpha value is -1.61. The molecule has 5 aliphatic rings. The maximum atomic E-state index is 13.5. The second kappa shape index (κ2) is 8.44. The first kappa shape index (κ1) is 27.0. The van der Waals surface area contributed by atoms with Crippen LogP contribution in [-0.4, -0.2) is 67.5 Å². The number of rotatable bonds is 4. The third-order valence-electron chi connectivity index (χ3n) is 11.7. The van der Waals surface area contributed by atoms with Crippen molar-refractivity contribution in [1.82, 2.24) is 0 Å². The monoisotopic (exact) mass is 518 g/mol. The number of hydrogen-bond donors (Lipinski definition) is 4. The molecule has 0 unspecified atom stereocenters. The largest absolute Gasteiger partial charge is 0.462 e. The number of esters is 1. The van der Waals surface area contributed by atoms with Crippen molar-refractivity contribution >= 4 is 17.5 Å². The van der Waals surface area contributed by atoms with Crippen LogP contribution in [0.4, 0.5) is 0 Å². The summed E-state index contributed by atoms with van der Waals surface area (Å²) < 4.78 is 5.30. The summed E-state index contributed by atoms with van der Waals surface area (Å²) >= 11 is 0. The van der Waals surface area contributed by atoms with E-state index in [1.165, 1.54) is 6.92 Å². The van der Waals surface area contributed by atoms with Gasteiger partial charge in [0.1, 0.15) is 11.7 Å². The van der Waals surface area contributed by atoms with Crippen LogP contribution >= 0.6 is 0 Å². The van der Waals surface area contributed by atoms with Crippen LogP contribution in [0.2, 0.25) is 0 Å². The van der Waals surface area contributed by atoms with Crippen LogP contribution in [0.3, 0.4) is 0 Å². The number of fused-ring (bicyclic) bond motifs is 5. The van der Waals surface area contributed by atoms with Crippen LogP contribution < -0.4 is 0 Å². The van der Waals surface area contributed by atoms with Crippen LogP contribution in [0.25, 0.3) is 0 Å². The third-order valence-corrected chi connectivity index (χ3v) is 11.7. The van der Waals surface area contributed by atoms with Crippen molar-refractivity contribution in [3.63, 3.8) is 0 Å². The lowest BCUT2D eigenvalue weighted by molar-refractivity contribution is -0.167. The maximum absolute atomic E-state index is 13.5.